The van der Waals surface area contributed by atoms with Crippen molar-refractivity contribution in [2.24, 2.45) is 0 Å². The summed E-state index contributed by atoms with van der Waals surface area (Å²) in [5, 5.41) is 13.9. The van der Waals surface area contributed by atoms with Gasteiger partial charge < -0.3 is 5.32 Å². The average molecular weight is 481 g/mol. The topological polar surface area (TPSA) is 79.4 Å². The zero-order valence-electron chi connectivity index (χ0n) is 14.9. The van der Waals surface area contributed by atoms with Crippen LogP contribution in [0.15, 0.2) is 30.7 Å². The van der Waals surface area contributed by atoms with Crippen LogP contribution in [0.3, 0.4) is 0 Å². The van der Waals surface area contributed by atoms with Crippen molar-refractivity contribution in [2.75, 3.05) is 5.32 Å². The Morgan fingerprint density at radius 2 is 1.68 bits per heavy atom. The Labute approximate surface area is 180 Å². The second-order valence-corrected chi connectivity index (χ2v) is 6.74. The smallest absolute Gasteiger partial charge is 0.364 e. The minimum absolute atomic E-state index is 0.242. The van der Waals surface area contributed by atoms with Gasteiger partial charge in [0, 0.05) is 12.4 Å². The summed E-state index contributed by atoms with van der Waals surface area (Å²) in [6.07, 6.45) is -5.88. The first-order valence-electron chi connectivity index (χ1n) is 8.09. The number of halogens is 8. The van der Waals surface area contributed by atoms with Gasteiger partial charge in [-0.1, -0.05) is 23.2 Å². The second-order valence-electron chi connectivity index (χ2n) is 5.93. The number of alkyl halides is 6. The minimum Gasteiger partial charge on any atom is -0.364 e. The van der Waals surface area contributed by atoms with Crippen LogP contribution < -0.4 is 5.32 Å². The molecule has 2 aromatic heterocycles. The van der Waals surface area contributed by atoms with Crippen LogP contribution in [0.2, 0.25) is 10.0 Å². The number of benzene rings is 1. The van der Waals surface area contributed by atoms with Crippen LogP contribution in [0.4, 0.5) is 32.2 Å². The molecule has 1 N–H and O–H groups in total. The molecule has 0 amide bonds. The van der Waals surface area contributed by atoms with E-state index in [0.29, 0.717) is 16.8 Å². The lowest BCUT2D eigenvalue weighted by Gasteiger charge is -2.16. The van der Waals surface area contributed by atoms with Crippen molar-refractivity contribution in [1.29, 1.82) is 5.26 Å². The fourth-order valence-corrected chi connectivity index (χ4v) is 3.26. The van der Waals surface area contributed by atoms with Gasteiger partial charge in [-0.25, -0.2) is 4.68 Å². The average Bonchev–Trinajstić information content (AvgIpc) is 3.04. The van der Waals surface area contributed by atoms with Crippen molar-refractivity contribution >= 4 is 29.0 Å². The molecule has 0 aliphatic carbocycles. The maximum atomic E-state index is 13.7. The molecule has 0 fully saturated rings. The van der Waals surface area contributed by atoms with E-state index in [9.17, 15) is 26.3 Å². The van der Waals surface area contributed by atoms with E-state index in [0.717, 1.165) is 0 Å². The van der Waals surface area contributed by atoms with Crippen LogP contribution in [0.5, 0.6) is 0 Å². The lowest BCUT2D eigenvalue weighted by molar-refractivity contribution is -0.138. The van der Waals surface area contributed by atoms with Crippen LogP contribution in [0, 0.1) is 11.3 Å². The van der Waals surface area contributed by atoms with Gasteiger partial charge in [0.2, 0.25) is 0 Å². The molecule has 14 heteroatoms. The normalized spacial score (nSPS) is 12.0. The van der Waals surface area contributed by atoms with Gasteiger partial charge in [0.05, 0.1) is 34.0 Å². The molecule has 6 nitrogen and oxygen atoms in total. The quantitative estimate of drug-likeness (QED) is 0.499. The number of aromatic nitrogens is 4. The highest BCUT2D eigenvalue weighted by Crippen LogP contribution is 2.42. The number of hydrogen-bond acceptors (Lipinski definition) is 5. The van der Waals surface area contributed by atoms with Crippen molar-refractivity contribution in [3.63, 3.8) is 0 Å². The Bertz CT molecular complexity index is 1130. The predicted molar refractivity (Wildman–Crippen MR) is 97.7 cm³/mol. The number of hydrogen-bond donors (Lipinski definition) is 1. The van der Waals surface area contributed by atoms with Gasteiger partial charge in [0.15, 0.2) is 5.69 Å². The summed E-state index contributed by atoms with van der Waals surface area (Å²) < 4.78 is 80.6. The summed E-state index contributed by atoms with van der Waals surface area (Å²) in [6, 6.07) is 2.31. The fourth-order valence-electron chi connectivity index (χ4n) is 2.62. The Hall–Kier alpha value is -3.04. The van der Waals surface area contributed by atoms with Crippen molar-refractivity contribution in [3.05, 3.63) is 63.3 Å². The van der Waals surface area contributed by atoms with Gasteiger partial charge in [-0.2, -0.15) is 36.7 Å². The minimum atomic E-state index is -5.03. The molecule has 31 heavy (non-hydrogen) atoms. The van der Waals surface area contributed by atoms with Gasteiger partial charge in [0.25, 0.3) is 0 Å². The number of nitrogens with zero attached hydrogens (tertiary/aromatic N) is 5. The van der Waals surface area contributed by atoms with E-state index in [4.69, 9.17) is 28.5 Å². The highest BCUT2D eigenvalue weighted by molar-refractivity contribution is 6.38. The highest BCUT2D eigenvalue weighted by Gasteiger charge is 2.41. The molecule has 3 aromatic rings. The molecule has 0 aliphatic rings. The Kier molecular flexibility index (Phi) is 6.02. The first-order chi connectivity index (χ1) is 14.4. The summed E-state index contributed by atoms with van der Waals surface area (Å²) in [6.45, 7) is -0.274. The monoisotopic (exact) mass is 480 g/mol. The number of nitrogens with one attached hydrogen (secondary N) is 1. The number of anilines is 1. The van der Waals surface area contributed by atoms with Crippen LogP contribution >= 0.6 is 23.2 Å². The first-order valence-corrected chi connectivity index (χ1v) is 8.84. The zero-order chi connectivity index (χ0) is 23.0. The molecular weight excluding hydrogens is 473 g/mol. The molecule has 0 spiro atoms. The van der Waals surface area contributed by atoms with Crippen LogP contribution in [-0.4, -0.2) is 19.7 Å². The van der Waals surface area contributed by atoms with Gasteiger partial charge in [0.1, 0.15) is 23.1 Å². The molecule has 0 saturated carbocycles. The summed E-state index contributed by atoms with van der Waals surface area (Å²) in [5.41, 5.74) is -3.90. The molecule has 0 atom stereocenters. The van der Waals surface area contributed by atoms with Crippen LogP contribution in [0.25, 0.3) is 5.69 Å². The van der Waals surface area contributed by atoms with E-state index in [1.807, 2.05) is 0 Å². The molecule has 0 bridgehead atoms. The van der Waals surface area contributed by atoms with E-state index >= 15 is 0 Å². The van der Waals surface area contributed by atoms with Crippen LogP contribution in [0.1, 0.15) is 22.5 Å². The third-order valence-electron chi connectivity index (χ3n) is 3.88. The van der Waals surface area contributed by atoms with Gasteiger partial charge in [-0.3, -0.25) is 9.97 Å². The molecule has 162 valence electrons. The number of nitriles is 1. The van der Waals surface area contributed by atoms with Crippen LogP contribution in [-0.2, 0) is 18.9 Å². The lowest BCUT2D eigenvalue weighted by atomic mass is 10.2. The summed E-state index contributed by atoms with van der Waals surface area (Å²) in [4.78, 5) is 7.69. The van der Waals surface area contributed by atoms with Gasteiger partial charge >= 0.3 is 12.4 Å². The molecular formula is C17H8Cl2F6N6. The first kappa shape index (κ1) is 22.6. The fraction of sp³-hybridized carbons (Fsp3) is 0.176. The van der Waals surface area contributed by atoms with Gasteiger partial charge in [-0.15, -0.1) is 0 Å². The third kappa shape index (κ3) is 4.67. The Morgan fingerprint density at radius 3 is 2.16 bits per heavy atom. The summed E-state index contributed by atoms with van der Waals surface area (Å²) >= 11 is 11.8. The Morgan fingerprint density at radius 1 is 1.03 bits per heavy atom. The molecule has 0 radical (unpaired) electrons. The molecule has 2 heterocycles. The Balaban J connectivity index is 2.21. The van der Waals surface area contributed by atoms with Crippen molar-refractivity contribution in [2.45, 2.75) is 18.9 Å². The maximum Gasteiger partial charge on any atom is 0.422 e. The molecule has 3 rings (SSSR count). The summed E-state index contributed by atoms with van der Waals surface area (Å²) in [7, 11) is 0. The predicted octanol–water partition coefficient (Wildman–Crippen LogP) is 5.49. The lowest BCUT2D eigenvalue weighted by Crippen LogP contribution is -2.14. The van der Waals surface area contributed by atoms with Crippen molar-refractivity contribution < 1.29 is 26.3 Å². The maximum absolute atomic E-state index is 13.7. The molecule has 0 aliphatic heterocycles. The third-order valence-corrected chi connectivity index (χ3v) is 4.46. The van der Waals surface area contributed by atoms with Gasteiger partial charge in [-0.05, 0) is 12.1 Å². The second kappa shape index (κ2) is 8.24. The largest absolute Gasteiger partial charge is 0.422 e. The zero-order valence-corrected chi connectivity index (χ0v) is 16.4. The van der Waals surface area contributed by atoms with Crippen molar-refractivity contribution in [3.8, 4) is 11.8 Å². The van der Waals surface area contributed by atoms with E-state index < -0.39 is 50.7 Å². The summed E-state index contributed by atoms with van der Waals surface area (Å²) in [5.74, 6) is -0.752. The highest BCUT2D eigenvalue weighted by atomic mass is 35.5. The molecule has 0 unspecified atom stereocenters. The van der Waals surface area contributed by atoms with E-state index in [1.54, 1.807) is 0 Å². The standard InChI is InChI=1S/C17H8Cl2F6N6/c18-10-3-8(16(20,21)22)4-11(19)14(10)31-15(29-7-9-6-27-1-2-28-9)13(17(23,24)25)12(5-26)30-31/h1-4,6,29H,7H2. The molecule has 0 saturated heterocycles. The van der Waals surface area contributed by atoms with Crippen molar-refractivity contribution in [1.82, 2.24) is 19.7 Å². The van der Waals surface area contributed by atoms with E-state index in [2.05, 4.69) is 20.4 Å². The van der Waals surface area contributed by atoms with E-state index in [-0.39, 0.29) is 12.2 Å². The molecule has 1 aromatic carbocycles. The SMILES string of the molecule is N#Cc1nn(-c2c(Cl)cc(C(F)(F)F)cc2Cl)c(NCc2cnccn2)c1C(F)(F)F. The van der Waals surface area contributed by atoms with E-state index in [1.165, 1.54) is 24.7 Å². The number of rotatable bonds is 4.